The van der Waals surface area contributed by atoms with Crippen molar-refractivity contribution in [2.75, 3.05) is 13.2 Å². The van der Waals surface area contributed by atoms with Crippen molar-refractivity contribution in [3.8, 4) is 5.75 Å². The SMILES string of the molecule is O=C(COc1ccc2ccccc2c1)NCC(O)c1ccoc1. The molecule has 0 bridgehead atoms. The standard InChI is InChI=1S/C18H17NO4/c20-17(15-7-8-22-11-15)10-19-18(21)12-23-16-6-5-13-3-1-2-4-14(13)9-16/h1-9,11,17,20H,10,12H2,(H,19,21). The highest BCUT2D eigenvalue weighted by molar-refractivity contribution is 5.84. The third-order valence-corrected chi connectivity index (χ3v) is 3.51. The second-order valence-electron chi connectivity index (χ2n) is 5.17. The maximum atomic E-state index is 11.8. The van der Waals surface area contributed by atoms with Crippen LogP contribution in [0.3, 0.4) is 0 Å². The summed E-state index contributed by atoms with van der Waals surface area (Å²) in [6, 6.07) is 15.3. The van der Waals surface area contributed by atoms with Crippen LogP contribution in [0.5, 0.6) is 5.75 Å². The van der Waals surface area contributed by atoms with Gasteiger partial charge in [0.1, 0.15) is 5.75 Å². The Labute approximate surface area is 133 Å². The first-order chi connectivity index (χ1) is 11.2. The Morgan fingerprint density at radius 1 is 1.17 bits per heavy atom. The van der Waals surface area contributed by atoms with Crippen LogP contribution in [0.1, 0.15) is 11.7 Å². The van der Waals surface area contributed by atoms with E-state index in [-0.39, 0.29) is 19.1 Å². The van der Waals surface area contributed by atoms with Crippen LogP contribution in [0.25, 0.3) is 10.8 Å². The van der Waals surface area contributed by atoms with Gasteiger partial charge in [0.05, 0.1) is 18.6 Å². The van der Waals surface area contributed by atoms with E-state index in [9.17, 15) is 9.90 Å². The molecular formula is C18H17NO4. The fourth-order valence-corrected chi connectivity index (χ4v) is 2.25. The third kappa shape index (κ3) is 3.90. The van der Waals surface area contributed by atoms with Crippen molar-refractivity contribution >= 4 is 16.7 Å². The van der Waals surface area contributed by atoms with Crippen LogP contribution in [0.15, 0.2) is 65.5 Å². The lowest BCUT2D eigenvalue weighted by Crippen LogP contribution is -2.32. The van der Waals surface area contributed by atoms with Crippen LogP contribution in [0.2, 0.25) is 0 Å². The highest BCUT2D eigenvalue weighted by Gasteiger charge is 2.11. The number of carbonyl (C=O) groups is 1. The maximum Gasteiger partial charge on any atom is 0.258 e. The molecule has 0 aliphatic heterocycles. The fourth-order valence-electron chi connectivity index (χ4n) is 2.25. The highest BCUT2D eigenvalue weighted by Crippen LogP contribution is 2.20. The summed E-state index contributed by atoms with van der Waals surface area (Å²) < 4.78 is 10.4. The van der Waals surface area contributed by atoms with Crippen molar-refractivity contribution < 1.29 is 19.1 Å². The van der Waals surface area contributed by atoms with Crippen molar-refractivity contribution in [2.45, 2.75) is 6.10 Å². The molecule has 3 aromatic rings. The molecule has 1 heterocycles. The van der Waals surface area contributed by atoms with E-state index in [4.69, 9.17) is 9.15 Å². The van der Waals surface area contributed by atoms with Gasteiger partial charge in [0.2, 0.25) is 0 Å². The van der Waals surface area contributed by atoms with Crippen molar-refractivity contribution in [2.24, 2.45) is 0 Å². The lowest BCUT2D eigenvalue weighted by Gasteiger charge is -2.11. The molecule has 118 valence electrons. The number of aliphatic hydroxyl groups is 1. The molecule has 2 aromatic carbocycles. The quantitative estimate of drug-likeness (QED) is 0.734. The Balaban J connectivity index is 1.50. The van der Waals surface area contributed by atoms with E-state index >= 15 is 0 Å². The van der Waals surface area contributed by atoms with Gasteiger partial charge in [-0.05, 0) is 29.0 Å². The molecular weight excluding hydrogens is 294 g/mol. The van der Waals surface area contributed by atoms with E-state index in [1.54, 1.807) is 6.07 Å². The summed E-state index contributed by atoms with van der Waals surface area (Å²) >= 11 is 0. The van der Waals surface area contributed by atoms with Gasteiger partial charge in [-0.2, -0.15) is 0 Å². The van der Waals surface area contributed by atoms with Gasteiger partial charge in [-0.15, -0.1) is 0 Å². The molecule has 0 spiro atoms. The monoisotopic (exact) mass is 311 g/mol. The second-order valence-corrected chi connectivity index (χ2v) is 5.17. The molecule has 0 saturated carbocycles. The predicted molar refractivity (Wildman–Crippen MR) is 86.1 cm³/mol. The first-order valence-electron chi connectivity index (χ1n) is 7.31. The normalized spacial score (nSPS) is 12.0. The van der Waals surface area contributed by atoms with Crippen molar-refractivity contribution in [1.82, 2.24) is 5.32 Å². The predicted octanol–water partition coefficient (Wildman–Crippen LogP) is 2.66. The Hall–Kier alpha value is -2.79. The molecule has 1 unspecified atom stereocenters. The summed E-state index contributed by atoms with van der Waals surface area (Å²) in [6.07, 6.45) is 2.13. The van der Waals surface area contributed by atoms with E-state index in [0.29, 0.717) is 11.3 Å². The largest absolute Gasteiger partial charge is 0.484 e. The van der Waals surface area contributed by atoms with Gasteiger partial charge < -0.3 is 19.6 Å². The van der Waals surface area contributed by atoms with Crippen LogP contribution in [0, 0.1) is 0 Å². The average Bonchev–Trinajstić information content (AvgIpc) is 3.12. The number of aliphatic hydroxyl groups excluding tert-OH is 1. The Kier molecular flexibility index (Phi) is 4.59. The molecule has 0 aliphatic carbocycles. The van der Waals surface area contributed by atoms with Gasteiger partial charge in [0.25, 0.3) is 5.91 Å². The summed E-state index contributed by atoms with van der Waals surface area (Å²) in [7, 11) is 0. The zero-order chi connectivity index (χ0) is 16.1. The number of rotatable bonds is 6. The Morgan fingerprint density at radius 2 is 2.00 bits per heavy atom. The van der Waals surface area contributed by atoms with Crippen LogP contribution in [-0.4, -0.2) is 24.2 Å². The van der Waals surface area contributed by atoms with E-state index in [2.05, 4.69) is 5.32 Å². The zero-order valence-corrected chi connectivity index (χ0v) is 12.4. The number of benzene rings is 2. The summed E-state index contributed by atoms with van der Waals surface area (Å²) in [5, 5.41) is 14.6. The summed E-state index contributed by atoms with van der Waals surface area (Å²) in [5.74, 6) is 0.343. The van der Waals surface area contributed by atoms with E-state index in [1.165, 1.54) is 12.5 Å². The minimum Gasteiger partial charge on any atom is -0.484 e. The smallest absolute Gasteiger partial charge is 0.258 e. The number of hydrogen-bond donors (Lipinski definition) is 2. The average molecular weight is 311 g/mol. The van der Waals surface area contributed by atoms with Gasteiger partial charge >= 0.3 is 0 Å². The van der Waals surface area contributed by atoms with E-state index in [0.717, 1.165) is 10.8 Å². The van der Waals surface area contributed by atoms with E-state index < -0.39 is 6.10 Å². The van der Waals surface area contributed by atoms with Crippen molar-refractivity contribution in [3.63, 3.8) is 0 Å². The molecule has 5 heteroatoms. The van der Waals surface area contributed by atoms with Gasteiger partial charge in [-0.1, -0.05) is 30.3 Å². The molecule has 23 heavy (non-hydrogen) atoms. The second kappa shape index (κ2) is 6.98. The number of nitrogens with one attached hydrogen (secondary N) is 1. The molecule has 5 nitrogen and oxygen atoms in total. The molecule has 0 radical (unpaired) electrons. The van der Waals surface area contributed by atoms with Crippen LogP contribution >= 0.6 is 0 Å². The maximum absolute atomic E-state index is 11.8. The third-order valence-electron chi connectivity index (χ3n) is 3.51. The Morgan fingerprint density at radius 3 is 2.78 bits per heavy atom. The number of hydrogen-bond acceptors (Lipinski definition) is 4. The molecule has 3 rings (SSSR count). The van der Waals surface area contributed by atoms with Crippen LogP contribution in [0.4, 0.5) is 0 Å². The number of amides is 1. The summed E-state index contributed by atoms with van der Waals surface area (Å²) in [4.78, 5) is 11.8. The molecule has 2 N–H and O–H groups in total. The molecule has 1 amide bonds. The zero-order valence-electron chi connectivity index (χ0n) is 12.4. The highest BCUT2D eigenvalue weighted by atomic mass is 16.5. The van der Waals surface area contributed by atoms with Crippen molar-refractivity contribution in [3.05, 3.63) is 66.6 Å². The minimum atomic E-state index is -0.793. The molecule has 0 fully saturated rings. The molecule has 0 saturated heterocycles. The molecule has 1 aromatic heterocycles. The summed E-state index contributed by atoms with van der Waals surface area (Å²) in [6.45, 7) is 0.00982. The number of furan rings is 1. The first-order valence-corrected chi connectivity index (χ1v) is 7.31. The van der Waals surface area contributed by atoms with Gasteiger partial charge in [-0.25, -0.2) is 0 Å². The lowest BCUT2D eigenvalue weighted by molar-refractivity contribution is -0.123. The van der Waals surface area contributed by atoms with Gasteiger partial charge in [-0.3, -0.25) is 4.79 Å². The fraction of sp³-hybridized carbons (Fsp3) is 0.167. The Bertz CT molecular complexity index is 783. The van der Waals surface area contributed by atoms with Gasteiger partial charge in [0, 0.05) is 12.1 Å². The number of fused-ring (bicyclic) bond motifs is 1. The van der Waals surface area contributed by atoms with Crippen molar-refractivity contribution in [1.29, 1.82) is 0 Å². The lowest BCUT2D eigenvalue weighted by atomic mass is 10.1. The van der Waals surface area contributed by atoms with Gasteiger partial charge in [0.15, 0.2) is 6.61 Å². The van der Waals surface area contributed by atoms with Crippen LogP contribution < -0.4 is 10.1 Å². The molecule has 1 atom stereocenters. The topological polar surface area (TPSA) is 71.7 Å². The first kappa shape index (κ1) is 15.1. The summed E-state index contributed by atoms with van der Waals surface area (Å²) in [5.41, 5.74) is 0.626. The van der Waals surface area contributed by atoms with Crippen LogP contribution in [-0.2, 0) is 4.79 Å². The minimum absolute atomic E-state index is 0.101. The molecule has 0 aliphatic rings. The van der Waals surface area contributed by atoms with E-state index in [1.807, 2.05) is 42.5 Å². The number of carbonyl (C=O) groups excluding carboxylic acids is 1. The number of ether oxygens (including phenoxy) is 1.